The molecule has 0 aromatic carbocycles. The molecule has 42 valence electrons. The van der Waals surface area contributed by atoms with Crippen molar-refractivity contribution in [2.75, 3.05) is 0 Å². The van der Waals surface area contributed by atoms with Gasteiger partial charge in [-0.05, 0) is 6.92 Å². The molecule has 0 unspecified atom stereocenters. The molecule has 0 atom stereocenters. The Hall–Kier alpha value is 0.106. The average molecular weight is 159 g/mol. The second-order valence-corrected chi connectivity index (χ2v) is 4.36. The van der Waals surface area contributed by atoms with Crippen LogP contribution in [0.4, 0.5) is 0 Å². The quantitative estimate of drug-likeness (QED) is 0.301. The zero-order valence-electron chi connectivity index (χ0n) is 5.28. The fourth-order valence-electron chi connectivity index (χ4n) is 0. The molecule has 0 rings (SSSR count). The molecule has 3 heteroatoms. The van der Waals surface area contributed by atoms with Crippen molar-refractivity contribution >= 4 is 23.2 Å². The monoisotopic (exact) mass is 158 g/mol. The van der Waals surface area contributed by atoms with E-state index in [1.165, 1.54) is 6.92 Å². The van der Waals surface area contributed by atoms with Gasteiger partial charge >= 0.3 is 28.4 Å². The Morgan fingerprint density at radius 1 is 1.57 bits per heavy atom. The van der Waals surface area contributed by atoms with E-state index in [-0.39, 0.29) is 23.2 Å². The average Bonchev–Trinajstić information content (AvgIpc) is 1.33. The van der Waals surface area contributed by atoms with Crippen molar-refractivity contribution in [2.45, 2.75) is 17.9 Å². The van der Waals surface area contributed by atoms with Gasteiger partial charge in [0.2, 0.25) is 0 Å². The summed E-state index contributed by atoms with van der Waals surface area (Å²) in [7, 11) is 0. The molecule has 0 spiro atoms. The third-order valence-corrected chi connectivity index (χ3v) is 0. The van der Waals surface area contributed by atoms with E-state index < -0.39 is 0 Å². The van der Waals surface area contributed by atoms with Crippen LogP contribution in [-0.4, -0.2) is 23.2 Å². The first kappa shape index (κ1) is 10.2. The van der Waals surface area contributed by atoms with Crippen LogP contribution in [0.2, 0.25) is 11.0 Å². The second-order valence-electron chi connectivity index (χ2n) is 1.39. The Morgan fingerprint density at radius 3 is 1.57 bits per heavy atom. The van der Waals surface area contributed by atoms with E-state index in [2.05, 4.69) is 11.0 Å². The van der Waals surface area contributed by atoms with Crippen LogP contribution in [0.1, 0.15) is 6.92 Å². The Labute approximate surface area is 52.8 Å². The molecule has 2 nitrogen and oxygen atoms in total. The van der Waals surface area contributed by atoms with Crippen molar-refractivity contribution in [2.24, 2.45) is 5.73 Å². The third-order valence-electron chi connectivity index (χ3n) is 0. The number of nitrogens with two attached hydrogens (primary N) is 1. The fourth-order valence-corrected chi connectivity index (χ4v) is 0. The minimum absolute atomic E-state index is 0.125. The molecule has 0 saturated heterocycles. The van der Waals surface area contributed by atoms with Gasteiger partial charge in [0.15, 0.2) is 0 Å². The van der Waals surface area contributed by atoms with Crippen LogP contribution in [0, 0.1) is 5.41 Å². The van der Waals surface area contributed by atoms with Crippen LogP contribution in [-0.2, 0) is 0 Å². The van der Waals surface area contributed by atoms with E-state index >= 15 is 0 Å². The van der Waals surface area contributed by atoms with Gasteiger partial charge in [0.25, 0.3) is 0 Å². The van der Waals surface area contributed by atoms with Crippen LogP contribution in [0.3, 0.4) is 0 Å². The molecule has 0 amide bonds. The summed E-state index contributed by atoms with van der Waals surface area (Å²) in [5.74, 6) is 0.167. The van der Waals surface area contributed by atoms with Crippen LogP contribution >= 0.6 is 0 Å². The van der Waals surface area contributed by atoms with Gasteiger partial charge in [-0.25, -0.2) is 0 Å². The van der Waals surface area contributed by atoms with Gasteiger partial charge < -0.3 is 5.73 Å². The normalized spacial score (nSPS) is 5.57. The summed E-state index contributed by atoms with van der Waals surface area (Å²) in [6.07, 6.45) is 0. The first-order valence-electron chi connectivity index (χ1n) is 2.45. The predicted molar refractivity (Wildman–Crippen MR) is 36.5 cm³/mol. The first-order valence-corrected chi connectivity index (χ1v) is 8.39. The molecule has 0 aliphatic rings. The van der Waals surface area contributed by atoms with E-state index in [4.69, 9.17) is 11.1 Å². The standard InChI is InChI=1S/C2H6N2.2CH3.Ga.H/c1-2(3)4;;;;/h1H3,(H3,3,4);2*1H3;;. The Morgan fingerprint density at radius 2 is 1.57 bits per heavy atom. The van der Waals surface area contributed by atoms with Gasteiger partial charge in [-0.3, -0.25) is 5.41 Å². The summed E-state index contributed by atoms with van der Waals surface area (Å²) in [6, 6.07) is 0. The van der Waals surface area contributed by atoms with Crippen molar-refractivity contribution in [3.63, 3.8) is 0 Å². The van der Waals surface area contributed by atoms with Crippen LogP contribution in [0.5, 0.6) is 0 Å². The van der Waals surface area contributed by atoms with Crippen LogP contribution in [0.15, 0.2) is 0 Å². The zero-order chi connectivity index (χ0) is 6.28. The van der Waals surface area contributed by atoms with Crippen molar-refractivity contribution < 1.29 is 0 Å². The zero-order valence-corrected chi connectivity index (χ0v) is 8.25. The number of amidine groups is 1. The SMILES string of the molecule is CC(=N)N.[CH3][GaH][CH3]. The van der Waals surface area contributed by atoms with Crippen molar-refractivity contribution in [3.05, 3.63) is 0 Å². The van der Waals surface area contributed by atoms with Gasteiger partial charge in [-0.15, -0.1) is 0 Å². The molecule has 0 bridgehead atoms. The molecule has 7 heavy (non-hydrogen) atoms. The molecule has 0 aromatic rings. The van der Waals surface area contributed by atoms with E-state index in [1.54, 1.807) is 0 Å². The van der Waals surface area contributed by atoms with Crippen molar-refractivity contribution in [3.8, 4) is 0 Å². The molecule has 3 N–H and O–H groups in total. The summed E-state index contributed by atoms with van der Waals surface area (Å²) in [6.45, 7) is 1.53. The fraction of sp³-hybridized carbons (Fsp3) is 0.750. The Bertz CT molecular complexity index is 41.0. The van der Waals surface area contributed by atoms with E-state index in [0.717, 1.165) is 0 Å². The summed E-state index contributed by atoms with van der Waals surface area (Å²) >= 11 is 0.125. The molecule has 0 aliphatic heterocycles. The number of hydrogen-bond acceptors (Lipinski definition) is 1. The molecule has 0 heterocycles. The van der Waals surface area contributed by atoms with Crippen molar-refractivity contribution in [1.82, 2.24) is 0 Å². The second kappa shape index (κ2) is 9.44. The van der Waals surface area contributed by atoms with E-state index in [1.807, 2.05) is 0 Å². The van der Waals surface area contributed by atoms with Gasteiger partial charge in [-0.1, -0.05) is 0 Å². The van der Waals surface area contributed by atoms with Gasteiger partial charge in [0.1, 0.15) is 0 Å². The maximum atomic E-state index is 6.28. The molecular formula is C4H13GaN2. The van der Waals surface area contributed by atoms with E-state index in [9.17, 15) is 0 Å². The van der Waals surface area contributed by atoms with Gasteiger partial charge in [0, 0.05) is 0 Å². The predicted octanol–water partition coefficient (Wildman–Crippen LogP) is 0.461. The summed E-state index contributed by atoms with van der Waals surface area (Å²) in [4.78, 5) is 0. The van der Waals surface area contributed by atoms with Gasteiger partial charge in [0.05, 0.1) is 5.84 Å². The minimum atomic E-state index is 0.125. The van der Waals surface area contributed by atoms with E-state index in [0.29, 0.717) is 0 Å². The van der Waals surface area contributed by atoms with Crippen LogP contribution < -0.4 is 5.73 Å². The maximum absolute atomic E-state index is 6.28. The van der Waals surface area contributed by atoms with Gasteiger partial charge in [-0.2, -0.15) is 0 Å². The summed E-state index contributed by atoms with van der Waals surface area (Å²) in [5, 5.41) is 6.28. The first-order chi connectivity index (χ1) is 3.15. The summed E-state index contributed by atoms with van der Waals surface area (Å²) < 4.78 is 0. The molecule has 0 saturated carbocycles. The Kier molecular flexibility index (Phi) is 13.7. The molecule has 0 aromatic heterocycles. The molecular weight excluding hydrogens is 146 g/mol. The molecule has 0 aliphatic carbocycles. The van der Waals surface area contributed by atoms with Crippen LogP contribution in [0.25, 0.3) is 0 Å². The number of hydrogen-bond donors (Lipinski definition) is 2. The molecule has 0 fully saturated rings. The topological polar surface area (TPSA) is 49.9 Å². The summed E-state index contributed by atoms with van der Waals surface area (Å²) in [5.41, 5.74) is 9.32. The number of nitrogens with one attached hydrogen (secondary N) is 1. The van der Waals surface area contributed by atoms with Crippen molar-refractivity contribution in [1.29, 1.82) is 5.41 Å². The number of rotatable bonds is 0. The third kappa shape index (κ3) is 9100. The molecule has 0 radical (unpaired) electrons. The Balaban J connectivity index is 0.